The molecule has 0 aliphatic carbocycles. The van der Waals surface area contributed by atoms with Crippen LogP contribution >= 0.6 is 11.6 Å². The first-order valence-corrected chi connectivity index (χ1v) is 8.39. The Morgan fingerprint density at radius 1 is 1.38 bits per heavy atom. The molecule has 0 spiro atoms. The highest BCUT2D eigenvalue weighted by Gasteiger charge is 2.16. The zero-order valence-corrected chi connectivity index (χ0v) is 13.0. The molecule has 1 N–H and O–H groups in total. The van der Waals surface area contributed by atoms with Crippen molar-refractivity contribution < 1.29 is 17.7 Å². The van der Waals surface area contributed by atoms with Gasteiger partial charge in [-0.1, -0.05) is 22.8 Å². The SMILES string of the molecule is Cc1cc(C(=O)Nc2cc(Cl)ccc2CS(C)(=O)=O)on1. The highest BCUT2D eigenvalue weighted by molar-refractivity contribution is 7.89. The van der Waals surface area contributed by atoms with Crippen LogP contribution in [0.15, 0.2) is 28.8 Å². The molecular weight excluding hydrogens is 316 g/mol. The van der Waals surface area contributed by atoms with E-state index in [1.165, 1.54) is 12.1 Å². The fourth-order valence-electron chi connectivity index (χ4n) is 1.73. The number of hydrogen-bond acceptors (Lipinski definition) is 5. The fraction of sp³-hybridized carbons (Fsp3) is 0.231. The average molecular weight is 329 g/mol. The molecule has 0 atom stereocenters. The van der Waals surface area contributed by atoms with Gasteiger partial charge in [-0.15, -0.1) is 0 Å². The van der Waals surface area contributed by atoms with Gasteiger partial charge in [-0.2, -0.15) is 0 Å². The van der Waals surface area contributed by atoms with E-state index in [0.717, 1.165) is 6.26 Å². The highest BCUT2D eigenvalue weighted by Crippen LogP contribution is 2.23. The predicted octanol–water partition coefficient (Wildman–Crippen LogP) is 2.43. The number of hydrogen-bond donors (Lipinski definition) is 1. The van der Waals surface area contributed by atoms with Crippen molar-refractivity contribution in [2.75, 3.05) is 11.6 Å². The number of nitrogens with zero attached hydrogens (tertiary/aromatic N) is 1. The molecule has 0 unspecified atom stereocenters. The van der Waals surface area contributed by atoms with Gasteiger partial charge >= 0.3 is 0 Å². The number of sulfone groups is 1. The minimum atomic E-state index is -3.24. The third kappa shape index (κ3) is 4.30. The molecule has 0 saturated heterocycles. The molecule has 0 saturated carbocycles. The molecular formula is C13H13ClN2O4S. The van der Waals surface area contributed by atoms with E-state index in [9.17, 15) is 13.2 Å². The summed E-state index contributed by atoms with van der Waals surface area (Å²) in [4.78, 5) is 12.0. The lowest BCUT2D eigenvalue weighted by atomic mass is 10.2. The summed E-state index contributed by atoms with van der Waals surface area (Å²) in [5, 5.41) is 6.59. The summed E-state index contributed by atoms with van der Waals surface area (Å²) in [6.45, 7) is 1.69. The van der Waals surface area contributed by atoms with Gasteiger partial charge in [0.25, 0.3) is 5.91 Å². The van der Waals surface area contributed by atoms with Crippen LogP contribution < -0.4 is 5.32 Å². The van der Waals surface area contributed by atoms with Crippen molar-refractivity contribution in [3.63, 3.8) is 0 Å². The maximum Gasteiger partial charge on any atom is 0.294 e. The summed E-state index contributed by atoms with van der Waals surface area (Å²) in [6, 6.07) is 6.10. The second kappa shape index (κ2) is 5.87. The minimum absolute atomic E-state index is 0.0396. The molecule has 21 heavy (non-hydrogen) atoms. The molecule has 0 aliphatic heterocycles. The number of halogens is 1. The Labute approximate surface area is 127 Å². The summed E-state index contributed by atoms with van der Waals surface area (Å²) < 4.78 is 27.7. The number of anilines is 1. The molecule has 1 amide bonds. The summed E-state index contributed by atoms with van der Waals surface area (Å²) in [5.74, 6) is -0.680. The Balaban J connectivity index is 2.30. The second-order valence-corrected chi connectivity index (χ2v) is 7.23. The van der Waals surface area contributed by atoms with E-state index in [0.29, 0.717) is 22.0 Å². The zero-order valence-electron chi connectivity index (χ0n) is 11.4. The molecule has 2 aromatic rings. The molecule has 8 heteroatoms. The first-order chi connectivity index (χ1) is 9.74. The van der Waals surface area contributed by atoms with Gasteiger partial charge in [0, 0.05) is 23.0 Å². The lowest BCUT2D eigenvalue weighted by molar-refractivity contribution is 0.0987. The highest BCUT2D eigenvalue weighted by atomic mass is 35.5. The van der Waals surface area contributed by atoms with Crippen LogP contribution in [0.4, 0.5) is 5.69 Å². The number of rotatable bonds is 4. The van der Waals surface area contributed by atoms with Crippen LogP contribution in [0.1, 0.15) is 21.8 Å². The van der Waals surface area contributed by atoms with Crippen LogP contribution in [-0.4, -0.2) is 25.7 Å². The molecule has 112 valence electrons. The van der Waals surface area contributed by atoms with E-state index in [-0.39, 0.29) is 11.5 Å². The summed E-state index contributed by atoms with van der Waals surface area (Å²) in [7, 11) is -3.24. The summed E-state index contributed by atoms with van der Waals surface area (Å²) >= 11 is 5.89. The average Bonchev–Trinajstić information content (AvgIpc) is 2.78. The Kier molecular flexibility index (Phi) is 4.34. The third-order valence-electron chi connectivity index (χ3n) is 2.59. The third-order valence-corrected chi connectivity index (χ3v) is 3.66. The van der Waals surface area contributed by atoms with Crippen molar-refractivity contribution in [3.8, 4) is 0 Å². The molecule has 1 heterocycles. The van der Waals surface area contributed by atoms with E-state index >= 15 is 0 Å². The van der Waals surface area contributed by atoms with Gasteiger partial charge in [0.2, 0.25) is 5.76 Å². The van der Waals surface area contributed by atoms with E-state index < -0.39 is 15.7 Å². The van der Waals surface area contributed by atoms with Gasteiger partial charge in [-0.05, 0) is 24.6 Å². The quantitative estimate of drug-likeness (QED) is 0.931. The normalized spacial score (nSPS) is 11.4. The van der Waals surface area contributed by atoms with Gasteiger partial charge in [0.1, 0.15) is 0 Å². The first kappa shape index (κ1) is 15.5. The van der Waals surface area contributed by atoms with Gasteiger partial charge in [0.05, 0.1) is 11.4 Å². The Morgan fingerprint density at radius 2 is 2.10 bits per heavy atom. The van der Waals surface area contributed by atoms with Crippen molar-refractivity contribution in [2.24, 2.45) is 0 Å². The van der Waals surface area contributed by atoms with Crippen molar-refractivity contribution in [2.45, 2.75) is 12.7 Å². The predicted molar refractivity (Wildman–Crippen MR) is 79.2 cm³/mol. The molecule has 1 aromatic carbocycles. The molecule has 0 radical (unpaired) electrons. The number of benzene rings is 1. The largest absolute Gasteiger partial charge is 0.351 e. The van der Waals surface area contributed by atoms with Crippen LogP contribution in [0.5, 0.6) is 0 Å². The Hall–Kier alpha value is -1.86. The van der Waals surface area contributed by atoms with Crippen LogP contribution in [0.3, 0.4) is 0 Å². The van der Waals surface area contributed by atoms with Crippen molar-refractivity contribution in [3.05, 3.63) is 46.3 Å². The maximum absolute atomic E-state index is 12.0. The number of carbonyl (C=O) groups excluding carboxylic acids is 1. The molecule has 0 fully saturated rings. The first-order valence-electron chi connectivity index (χ1n) is 5.95. The van der Waals surface area contributed by atoms with Crippen LogP contribution in [0, 0.1) is 6.92 Å². The summed E-state index contributed by atoms with van der Waals surface area (Å²) in [5.41, 5.74) is 1.35. The lowest BCUT2D eigenvalue weighted by Gasteiger charge is -2.10. The van der Waals surface area contributed by atoms with Crippen LogP contribution in [-0.2, 0) is 15.6 Å². The lowest BCUT2D eigenvalue weighted by Crippen LogP contribution is -2.13. The van der Waals surface area contributed by atoms with Gasteiger partial charge < -0.3 is 9.84 Å². The van der Waals surface area contributed by atoms with Crippen LogP contribution in [0.25, 0.3) is 0 Å². The number of carbonyl (C=O) groups is 1. The van der Waals surface area contributed by atoms with Gasteiger partial charge in [-0.25, -0.2) is 8.42 Å². The van der Waals surface area contributed by atoms with Crippen molar-refractivity contribution in [1.82, 2.24) is 5.16 Å². The zero-order chi connectivity index (χ0) is 15.6. The minimum Gasteiger partial charge on any atom is -0.351 e. The Bertz CT molecular complexity index is 783. The van der Waals surface area contributed by atoms with E-state index in [1.54, 1.807) is 19.1 Å². The molecule has 2 rings (SSSR count). The molecule has 0 aliphatic rings. The molecule has 0 bridgehead atoms. The van der Waals surface area contributed by atoms with Gasteiger partial charge in [0.15, 0.2) is 9.84 Å². The van der Waals surface area contributed by atoms with Crippen molar-refractivity contribution in [1.29, 1.82) is 0 Å². The maximum atomic E-state index is 12.0. The topological polar surface area (TPSA) is 89.3 Å². The van der Waals surface area contributed by atoms with E-state index in [2.05, 4.69) is 10.5 Å². The van der Waals surface area contributed by atoms with E-state index in [4.69, 9.17) is 16.1 Å². The van der Waals surface area contributed by atoms with Gasteiger partial charge in [-0.3, -0.25) is 4.79 Å². The molecule has 6 nitrogen and oxygen atoms in total. The monoisotopic (exact) mass is 328 g/mol. The number of aromatic nitrogens is 1. The molecule has 1 aromatic heterocycles. The number of aryl methyl sites for hydroxylation is 1. The summed E-state index contributed by atoms with van der Waals surface area (Å²) in [6.07, 6.45) is 1.12. The number of nitrogens with one attached hydrogen (secondary N) is 1. The van der Waals surface area contributed by atoms with E-state index in [1.807, 2.05) is 0 Å². The number of amides is 1. The fourth-order valence-corrected chi connectivity index (χ4v) is 2.72. The Morgan fingerprint density at radius 3 is 2.67 bits per heavy atom. The van der Waals surface area contributed by atoms with Crippen LogP contribution in [0.2, 0.25) is 5.02 Å². The van der Waals surface area contributed by atoms with Crippen molar-refractivity contribution >= 4 is 33.0 Å². The standard InChI is InChI=1S/C13H13ClN2O4S/c1-8-5-12(20-16-8)13(17)15-11-6-10(14)4-3-9(11)7-21(2,18)19/h3-6H,7H2,1-2H3,(H,15,17). The smallest absolute Gasteiger partial charge is 0.294 e. The second-order valence-electron chi connectivity index (χ2n) is 4.66.